The third-order valence-corrected chi connectivity index (χ3v) is 3.40. The van der Waals surface area contributed by atoms with Crippen LogP contribution in [-0.4, -0.2) is 25.8 Å². The molecule has 0 amide bonds. The van der Waals surface area contributed by atoms with E-state index in [9.17, 15) is 5.26 Å². The highest BCUT2D eigenvalue weighted by Crippen LogP contribution is 2.46. The minimum atomic E-state index is -0.345. The first-order chi connectivity index (χ1) is 6.96. The molecule has 2 unspecified atom stereocenters. The maximum absolute atomic E-state index is 9.37. The molecule has 1 saturated carbocycles. The van der Waals surface area contributed by atoms with E-state index >= 15 is 0 Å². The third kappa shape index (κ3) is 2.70. The summed E-state index contributed by atoms with van der Waals surface area (Å²) in [6, 6.07) is 2.48. The van der Waals surface area contributed by atoms with Gasteiger partial charge in [-0.05, 0) is 24.2 Å². The van der Waals surface area contributed by atoms with Crippen molar-refractivity contribution in [2.24, 2.45) is 11.3 Å². The molecule has 1 fully saturated rings. The Morgan fingerprint density at radius 3 is 2.60 bits per heavy atom. The van der Waals surface area contributed by atoms with Crippen molar-refractivity contribution >= 4 is 0 Å². The van der Waals surface area contributed by atoms with E-state index in [2.05, 4.69) is 32.2 Å². The lowest BCUT2D eigenvalue weighted by molar-refractivity contribution is 0.184. The Labute approximate surface area is 92.8 Å². The van der Waals surface area contributed by atoms with Gasteiger partial charge in [-0.1, -0.05) is 20.8 Å². The molecule has 1 aliphatic rings. The lowest BCUT2D eigenvalue weighted by Crippen LogP contribution is -2.47. The second-order valence-electron chi connectivity index (χ2n) is 5.45. The summed E-state index contributed by atoms with van der Waals surface area (Å²) in [5.74, 6) is 0.411. The van der Waals surface area contributed by atoms with E-state index in [1.807, 2.05) is 0 Å². The molecule has 1 aliphatic carbocycles. The fourth-order valence-corrected chi connectivity index (χ4v) is 2.81. The largest absolute Gasteiger partial charge is 0.383 e. The van der Waals surface area contributed by atoms with Crippen molar-refractivity contribution in [1.29, 1.82) is 5.26 Å². The highest BCUT2D eigenvalue weighted by atomic mass is 16.5. The van der Waals surface area contributed by atoms with E-state index in [1.165, 1.54) is 0 Å². The second-order valence-corrected chi connectivity index (χ2v) is 5.45. The molecule has 0 aromatic heterocycles. The van der Waals surface area contributed by atoms with Gasteiger partial charge in [0, 0.05) is 13.7 Å². The van der Waals surface area contributed by atoms with Gasteiger partial charge in [0.2, 0.25) is 0 Å². The zero-order valence-corrected chi connectivity index (χ0v) is 10.3. The van der Waals surface area contributed by atoms with Crippen LogP contribution >= 0.6 is 0 Å². The summed E-state index contributed by atoms with van der Waals surface area (Å²) < 4.78 is 5.01. The SMILES string of the molecule is COCCNC1(C#N)CC(C)(C)CC1C. The van der Waals surface area contributed by atoms with E-state index in [1.54, 1.807) is 7.11 Å². The molecular weight excluding hydrogens is 188 g/mol. The molecule has 0 aromatic carbocycles. The highest BCUT2D eigenvalue weighted by Gasteiger charge is 2.48. The summed E-state index contributed by atoms with van der Waals surface area (Å²) in [7, 11) is 1.68. The Hall–Kier alpha value is -0.590. The van der Waals surface area contributed by atoms with Crippen LogP contribution in [0.25, 0.3) is 0 Å². The Morgan fingerprint density at radius 1 is 1.53 bits per heavy atom. The van der Waals surface area contributed by atoms with E-state index in [-0.39, 0.29) is 11.0 Å². The van der Waals surface area contributed by atoms with Gasteiger partial charge in [0.25, 0.3) is 0 Å². The van der Waals surface area contributed by atoms with E-state index in [0.717, 1.165) is 19.4 Å². The van der Waals surface area contributed by atoms with Crippen LogP contribution in [0.4, 0.5) is 0 Å². The van der Waals surface area contributed by atoms with Crippen LogP contribution in [-0.2, 0) is 4.74 Å². The van der Waals surface area contributed by atoms with E-state index < -0.39 is 0 Å². The minimum absolute atomic E-state index is 0.273. The monoisotopic (exact) mass is 210 g/mol. The first-order valence-electron chi connectivity index (χ1n) is 5.61. The molecule has 0 saturated heterocycles. The minimum Gasteiger partial charge on any atom is -0.383 e. The molecule has 0 spiro atoms. The zero-order chi connectivity index (χ0) is 11.5. The van der Waals surface area contributed by atoms with Gasteiger partial charge in [0.15, 0.2) is 0 Å². The summed E-state index contributed by atoms with van der Waals surface area (Å²) in [6.07, 6.45) is 2.04. The number of nitriles is 1. The molecular formula is C12H22N2O. The van der Waals surface area contributed by atoms with Crippen LogP contribution in [0.2, 0.25) is 0 Å². The quantitative estimate of drug-likeness (QED) is 0.721. The Morgan fingerprint density at radius 2 is 2.20 bits per heavy atom. The fraction of sp³-hybridized carbons (Fsp3) is 0.917. The maximum atomic E-state index is 9.37. The predicted octanol–water partition coefficient (Wildman–Crippen LogP) is 1.94. The molecule has 15 heavy (non-hydrogen) atoms. The lowest BCUT2D eigenvalue weighted by atomic mass is 9.87. The zero-order valence-electron chi connectivity index (χ0n) is 10.3. The summed E-state index contributed by atoms with van der Waals surface area (Å²) in [4.78, 5) is 0. The number of hydrogen-bond donors (Lipinski definition) is 1. The summed E-state index contributed by atoms with van der Waals surface area (Å²) in [5.41, 5.74) is -0.0722. The summed E-state index contributed by atoms with van der Waals surface area (Å²) >= 11 is 0. The molecule has 1 rings (SSSR count). The van der Waals surface area contributed by atoms with E-state index in [4.69, 9.17) is 4.74 Å². The smallest absolute Gasteiger partial charge is 0.109 e. The number of nitrogens with zero attached hydrogens (tertiary/aromatic N) is 1. The summed E-state index contributed by atoms with van der Waals surface area (Å²) in [6.45, 7) is 8.06. The van der Waals surface area contributed by atoms with Gasteiger partial charge in [-0.25, -0.2) is 0 Å². The Balaban J connectivity index is 2.65. The van der Waals surface area contributed by atoms with Crippen LogP contribution in [0.15, 0.2) is 0 Å². The van der Waals surface area contributed by atoms with Crippen LogP contribution in [0.3, 0.4) is 0 Å². The van der Waals surface area contributed by atoms with Crippen molar-refractivity contribution in [2.75, 3.05) is 20.3 Å². The molecule has 2 atom stereocenters. The van der Waals surface area contributed by atoms with Gasteiger partial charge in [0.05, 0.1) is 12.7 Å². The highest BCUT2D eigenvalue weighted by molar-refractivity contribution is 5.16. The molecule has 86 valence electrons. The first-order valence-corrected chi connectivity index (χ1v) is 5.61. The first kappa shape index (κ1) is 12.5. The van der Waals surface area contributed by atoms with Crippen molar-refractivity contribution in [2.45, 2.75) is 39.2 Å². The molecule has 3 nitrogen and oxygen atoms in total. The Bertz CT molecular complexity index is 257. The van der Waals surface area contributed by atoms with Gasteiger partial charge in [-0.2, -0.15) is 5.26 Å². The standard InChI is InChI=1S/C12H22N2O/c1-10-7-11(2,3)8-12(10,9-13)14-5-6-15-4/h10,14H,5-8H2,1-4H3. The molecule has 1 N–H and O–H groups in total. The number of methoxy groups -OCH3 is 1. The number of nitrogens with one attached hydrogen (secondary N) is 1. The molecule has 0 aliphatic heterocycles. The number of rotatable bonds is 4. The fourth-order valence-electron chi connectivity index (χ4n) is 2.81. The van der Waals surface area contributed by atoms with Crippen molar-refractivity contribution in [1.82, 2.24) is 5.32 Å². The molecule has 0 radical (unpaired) electrons. The molecule has 0 aromatic rings. The topological polar surface area (TPSA) is 45.0 Å². The Kier molecular flexibility index (Phi) is 3.75. The van der Waals surface area contributed by atoms with Crippen LogP contribution < -0.4 is 5.32 Å². The third-order valence-electron chi connectivity index (χ3n) is 3.40. The lowest BCUT2D eigenvalue weighted by Gasteiger charge is -2.28. The molecule has 3 heteroatoms. The molecule has 0 bridgehead atoms. The normalized spacial score (nSPS) is 33.9. The second kappa shape index (κ2) is 4.51. The average molecular weight is 210 g/mol. The average Bonchev–Trinajstić information content (AvgIpc) is 2.37. The van der Waals surface area contributed by atoms with Crippen LogP contribution in [0, 0.1) is 22.7 Å². The van der Waals surface area contributed by atoms with Gasteiger partial charge >= 0.3 is 0 Å². The van der Waals surface area contributed by atoms with Crippen molar-refractivity contribution in [3.8, 4) is 6.07 Å². The molecule has 0 heterocycles. The van der Waals surface area contributed by atoms with Crippen molar-refractivity contribution in [3.05, 3.63) is 0 Å². The number of hydrogen-bond acceptors (Lipinski definition) is 3. The van der Waals surface area contributed by atoms with Crippen molar-refractivity contribution < 1.29 is 4.74 Å². The van der Waals surface area contributed by atoms with Gasteiger partial charge in [-0.15, -0.1) is 0 Å². The van der Waals surface area contributed by atoms with Crippen LogP contribution in [0.1, 0.15) is 33.6 Å². The van der Waals surface area contributed by atoms with Crippen molar-refractivity contribution in [3.63, 3.8) is 0 Å². The summed E-state index contributed by atoms with van der Waals surface area (Å²) in [5, 5.41) is 12.7. The van der Waals surface area contributed by atoms with Gasteiger partial charge in [0.1, 0.15) is 5.54 Å². The number of ether oxygens (including phenoxy) is 1. The van der Waals surface area contributed by atoms with Crippen LogP contribution in [0.5, 0.6) is 0 Å². The van der Waals surface area contributed by atoms with E-state index in [0.29, 0.717) is 12.5 Å². The predicted molar refractivity (Wildman–Crippen MR) is 60.4 cm³/mol. The maximum Gasteiger partial charge on any atom is 0.109 e. The van der Waals surface area contributed by atoms with Gasteiger partial charge in [-0.3, -0.25) is 5.32 Å². The van der Waals surface area contributed by atoms with Gasteiger partial charge < -0.3 is 4.74 Å².